The minimum absolute atomic E-state index is 1.07. The van der Waals surface area contributed by atoms with Crippen LogP contribution in [0.1, 0.15) is 5.56 Å². The summed E-state index contributed by atoms with van der Waals surface area (Å²) < 4.78 is 1.46. The molecule has 0 aliphatic heterocycles. The number of nitrogens with zero attached hydrogens (tertiary/aromatic N) is 1. The van der Waals surface area contributed by atoms with Gasteiger partial charge in [-0.15, -0.1) is 0 Å². The molecule has 88 valence electrons. The molecule has 0 atom stereocenters. The van der Waals surface area contributed by atoms with Gasteiger partial charge in [0.05, 0.1) is 0 Å². The molecule has 0 amide bonds. The van der Waals surface area contributed by atoms with E-state index in [1.807, 2.05) is 0 Å². The van der Waals surface area contributed by atoms with Crippen molar-refractivity contribution in [2.75, 3.05) is 0 Å². The van der Waals surface area contributed by atoms with Gasteiger partial charge in [0.25, 0.3) is 0 Å². The second kappa shape index (κ2) is 4.65. The van der Waals surface area contributed by atoms with Gasteiger partial charge in [-0.2, -0.15) is 0 Å². The zero-order valence-electron chi connectivity index (χ0n) is 11.0. The molecule has 2 rings (SSSR count). The summed E-state index contributed by atoms with van der Waals surface area (Å²) in [6, 6.07) is 12.9. The molecule has 17 heavy (non-hydrogen) atoms. The summed E-state index contributed by atoms with van der Waals surface area (Å²) in [5.41, 5.74) is 3.55. The number of aryl methyl sites for hydroxylation is 1. The summed E-state index contributed by atoms with van der Waals surface area (Å²) in [5.74, 6) is 7.17. The molecule has 0 aliphatic carbocycles. The second-order valence-corrected chi connectivity index (χ2v) is 16.2. The second-order valence-electron chi connectivity index (χ2n) is 5.55. The van der Waals surface area contributed by atoms with E-state index in [1.165, 1.54) is 15.5 Å². The Morgan fingerprint density at radius 2 is 1.53 bits per heavy atom. The van der Waals surface area contributed by atoms with Crippen LogP contribution in [-0.4, -0.2) is 18.3 Å². The number of hydrogen-bond acceptors (Lipinski definition) is 1. The van der Waals surface area contributed by atoms with Gasteiger partial charge in [-0.3, -0.25) is 0 Å². The van der Waals surface area contributed by atoms with Crippen LogP contribution in [0.25, 0.3) is 11.3 Å². The van der Waals surface area contributed by atoms with Crippen molar-refractivity contribution in [3.63, 3.8) is 0 Å². The Kier molecular flexibility index (Phi) is 3.38. The fraction of sp³-hybridized carbons (Fsp3) is 0.267. The van der Waals surface area contributed by atoms with Gasteiger partial charge in [0.2, 0.25) is 0 Å². The Balaban J connectivity index is 2.33. The van der Waals surface area contributed by atoms with Crippen molar-refractivity contribution in [2.45, 2.75) is 24.2 Å². The quantitative estimate of drug-likeness (QED) is 0.769. The van der Waals surface area contributed by atoms with Gasteiger partial charge in [0, 0.05) is 0 Å². The van der Waals surface area contributed by atoms with Gasteiger partial charge in [0.15, 0.2) is 0 Å². The molecule has 1 aromatic heterocycles. The summed E-state index contributed by atoms with van der Waals surface area (Å²) in [6.07, 6.45) is 2.06. The van der Waals surface area contributed by atoms with E-state index in [2.05, 4.69) is 71.8 Å². The van der Waals surface area contributed by atoms with E-state index < -0.39 is 13.3 Å². The first kappa shape index (κ1) is 12.4. The number of pyridine rings is 1. The predicted octanol–water partition coefficient (Wildman–Crippen LogP) is 3.60. The molecule has 0 N–H and O–H groups in total. The Labute approximate surface area is 106 Å². The molecule has 0 aliphatic rings. The zero-order chi connectivity index (χ0) is 12.5. The van der Waals surface area contributed by atoms with Crippen molar-refractivity contribution < 1.29 is 0 Å². The molecular weight excluding hydrogens is 267 g/mol. The third kappa shape index (κ3) is 2.97. The molecule has 0 bridgehead atoms. The summed E-state index contributed by atoms with van der Waals surface area (Å²) in [7, 11) is 0. The van der Waals surface area contributed by atoms with Crippen LogP contribution in [0.4, 0.5) is 0 Å². The zero-order valence-corrected chi connectivity index (χ0v) is 13.1. The minimum atomic E-state index is -1.72. The van der Waals surface area contributed by atoms with Crippen LogP contribution in [0.2, 0.25) is 17.3 Å². The van der Waals surface area contributed by atoms with E-state index in [9.17, 15) is 0 Å². The molecule has 2 aromatic rings. The van der Waals surface area contributed by atoms with E-state index in [4.69, 9.17) is 0 Å². The van der Waals surface area contributed by atoms with E-state index in [1.54, 1.807) is 0 Å². The summed E-state index contributed by atoms with van der Waals surface area (Å²) in [6.45, 7) is 2.10. The van der Waals surface area contributed by atoms with Crippen molar-refractivity contribution in [3.8, 4) is 11.3 Å². The molecule has 0 saturated carbocycles. The van der Waals surface area contributed by atoms with Gasteiger partial charge in [-0.1, -0.05) is 0 Å². The Morgan fingerprint density at radius 1 is 0.882 bits per heavy atom. The standard InChI is InChI=1S/C15H19GeN/c1-12-5-7-13(8-6-12)15-10-9-14(11-17-15)16(2,3)4/h5-11H,1-4H3. The number of aromatic nitrogens is 1. The Morgan fingerprint density at radius 3 is 2.00 bits per heavy atom. The third-order valence-corrected chi connectivity index (χ3v) is 7.23. The van der Waals surface area contributed by atoms with E-state index in [-0.39, 0.29) is 0 Å². The van der Waals surface area contributed by atoms with Crippen molar-refractivity contribution in [1.82, 2.24) is 4.98 Å². The Bertz CT molecular complexity index is 492. The van der Waals surface area contributed by atoms with Gasteiger partial charge in [-0.05, 0) is 0 Å². The number of hydrogen-bond donors (Lipinski definition) is 0. The van der Waals surface area contributed by atoms with Gasteiger partial charge >= 0.3 is 106 Å². The molecule has 0 saturated heterocycles. The van der Waals surface area contributed by atoms with Crippen LogP contribution in [0.3, 0.4) is 0 Å². The fourth-order valence-corrected chi connectivity index (χ4v) is 3.90. The van der Waals surface area contributed by atoms with Crippen molar-refractivity contribution in [3.05, 3.63) is 48.2 Å². The fourth-order valence-electron chi connectivity index (χ4n) is 1.73. The molecule has 0 spiro atoms. The van der Waals surface area contributed by atoms with Crippen LogP contribution in [0.15, 0.2) is 42.6 Å². The Hall–Kier alpha value is -1.09. The van der Waals surface area contributed by atoms with E-state index >= 15 is 0 Å². The van der Waals surface area contributed by atoms with Crippen LogP contribution in [0, 0.1) is 6.92 Å². The normalized spacial score (nSPS) is 11.5. The molecule has 1 nitrogen and oxygen atoms in total. The number of rotatable bonds is 2. The van der Waals surface area contributed by atoms with E-state index in [0.29, 0.717) is 0 Å². The van der Waals surface area contributed by atoms with Crippen LogP contribution in [0.5, 0.6) is 0 Å². The SMILES string of the molecule is Cc1ccc(-c2cc[c]([Ge]([CH3])([CH3])[CH3])cn2)cc1. The topological polar surface area (TPSA) is 12.9 Å². The number of benzene rings is 1. The van der Waals surface area contributed by atoms with Crippen molar-refractivity contribution in [2.24, 2.45) is 0 Å². The molecule has 2 heteroatoms. The molecular formula is C15H19GeN. The molecule has 0 radical (unpaired) electrons. The summed E-state index contributed by atoms with van der Waals surface area (Å²) >= 11 is -1.72. The first-order chi connectivity index (χ1) is 7.97. The van der Waals surface area contributed by atoms with Gasteiger partial charge < -0.3 is 0 Å². The van der Waals surface area contributed by atoms with Crippen molar-refractivity contribution in [1.29, 1.82) is 0 Å². The predicted molar refractivity (Wildman–Crippen MR) is 77.4 cm³/mol. The average Bonchev–Trinajstić information content (AvgIpc) is 2.29. The first-order valence-corrected chi connectivity index (χ1v) is 13.3. The monoisotopic (exact) mass is 287 g/mol. The van der Waals surface area contributed by atoms with Crippen LogP contribution >= 0.6 is 0 Å². The molecule has 0 fully saturated rings. The summed E-state index contributed by atoms with van der Waals surface area (Å²) in [4.78, 5) is 4.59. The summed E-state index contributed by atoms with van der Waals surface area (Å²) in [5, 5.41) is 0. The molecule has 0 unspecified atom stereocenters. The van der Waals surface area contributed by atoms with Crippen LogP contribution < -0.4 is 4.40 Å². The maximum atomic E-state index is 4.59. The molecule has 1 aromatic carbocycles. The van der Waals surface area contributed by atoms with E-state index in [0.717, 1.165) is 5.69 Å². The van der Waals surface area contributed by atoms with Crippen LogP contribution in [-0.2, 0) is 0 Å². The average molecular weight is 286 g/mol. The molecule has 1 heterocycles. The van der Waals surface area contributed by atoms with Gasteiger partial charge in [-0.25, -0.2) is 0 Å². The van der Waals surface area contributed by atoms with Crippen molar-refractivity contribution >= 4 is 17.7 Å². The third-order valence-electron chi connectivity index (χ3n) is 2.98. The maximum absolute atomic E-state index is 4.59. The van der Waals surface area contributed by atoms with Gasteiger partial charge in [0.1, 0.15) is 0 Å². The first-order valence-electron chi connectivity index (χ1n) is 6.00.